The highest BCUT2D eigenvalue weighted by Crippen LogP contribution is 2.57. The van der Waals surface area contributed by atoms with E-state index in [1.807, 2.05) is 6.92 Å². The van der Waals surface area contributed by atoms with E-state index in [4.69, 9.17) is 21.1 Å². The number of carbonyl (C=O) groups is 4. The van der Waals surface area contributed by atoms with E-state index in [-0.39, 0.29) is 11.1 Å². The van der Waals surface area contributed by atoms with Crippen LogP contribution in [0.15, 0.2) is 72.8 Å². The number of fused-ring (bicyclic) bond motifs is 3. The van der Waals surface area contributed by atoms with Crippen LogP contribution in [0.1, 0.15) is 39.3 Å². The predicted octanol–water partition coefficient (Wildman–Crippen LogP) is 4.43. The first kappa shape index (κ1) is 22.6. The molecular weight excluding hydrogens is 482 g/mol. The van der Waals surface area contributed by atoms with Crippen molar-refractivity contribution >= 4 is 40.7 Å². The molecule has 0 saturated carbocycles. The smallest absolute Gasteiger partial charge is 0.241 e. The van der Waals surface area contributed by atoms with Gasteiger partial charge in [0.1, 0.15) is 5.75 Å². The minimum atomic E-state index is -2.11. The summed E-state index contributed by atoms with van der Waals surface area (Å²) in [6, 6.07) is 19.6. The summed E-state index contributed by atoms with van der Waals surface area (Å²) in [6.45, 7) is 2.35. The maximum atomic E-state index is 13.9. The van der Waals surface area contributed by atoms with Crippen molar-refractivity contribution in [2.45, 2.75) is 18.6 Å². The van der Waals surface area contributed by atoms with Gasteiger partial charge in [0.2, 0.25) is 29.0 Å². The number of halogens is 1. The Hall–Kier alpha value is -3.81. The van der Waals surface area contributed by atoms with Crippen LogP contribution >= 0.6 is 11.6 Å². The van der Waals surface area contributed by atoms with Gasteiger partial charge in [-0.3, -0.25) is 19.2 Å². The minimum Gasteiger partial charge on any atom is -0.494 e. The lowest BCUT2D eigenvalue weighted by Gasteiger charge is -2.27. The second kappa shape index (κ2) is 8.11. The number of ether oxygens (including phenoxy) is 2. The Bertz CT molecular complexity index is 1400. The lowest BCUT2D eigenvalue weighted by atomic mass is 9.77. The molecule has 1 aliphatic carbocycles. The molecule has 2 saturated heterocycles. The van der Waals surface area contributed by atoms with Crippen LogP contribution in [0.2, 0.25) is 5.02 Å². The Morgan fingerprint density at radius 3 is 2.06 bits per heavy atom. The molecular formula is C28H20ClNO6. The predicted molar refractivity (Wildman–Crippen MR) is 130 cm³/mol. The van der Waals surface area contributed by atoms with Crippen molar-refractivity contribution in [3.63, 3.8) is 0 Å². The fraction of sp³-hybridized carbons (Fsp3) is 0.214. The van der Waals surface area contributed by atoms with Crippen LogP contribution in [-0.2, 0) is 14.3 Å². The van der Waals surface area contributed by atoms with Crippen LogP contribution in [0.25, 0.3) is 0 Å². The van der Waals surface area contributed by atoms with Gasteiger partial charge in [0.15, 0.2) is 0 Å². The zero-order chi connectivity index (χ0) is 25.2. The van der Waals surface area contributed by atoms with E-state index in [0.717, 1.165) is 4.90 Å². The number of rotatable bonds is 4. The first-order valence-corrected chi connectivity index (χ1v) is 12.0. The number of imide groups is 1. The first-order valence-electron chi connectivity index (χ1n) is 11.6. The third-order valence-electron chi connectivity index (χ3n) is 7.12. The number of nitrogens with zero attached hydrogens (tertiary/aromatic N) is 1. The fourth-order valence-corrected chi connectivity index (χ4v) is 5.71. The highest BCUT2D eigenvalue weighted by molar-refractivity contribution is 6.37. The van der Waals surface area contributed by atoms with Crippen LogP contribution in [0.3, 0.4) is 0 Å². The van der Waals surface area contributed by atoms with E-state index >= 15 is 0 Å². The van der Waals surface area contributed by atoms with Gasteiger partial charge in [-0.15, -0.1) is 0 Å². The number of hydrogen-bond donors (Lipinski definition) is 0. The molecule has 0 aromatic heterocycles. The van der Waals surface area contributed by atoms with Crippen LogP contribution in [0, 0.1) is 11.8 Å². The molecule has 3 aliphatic rings. The molecule has 7 nitrogen and oxygen atoms in total. The number of Topliss-reactive ketones (excluding diaryl/α,β-unsaturated/α-hetero) is 2. The molecule has 0 radical (unpaired) electrons. The molecule has 6 rings (SSSR count). The number of amides is 2. The van der Waals surface area contributed by atoms with Gasteiger partial charge in [0.25, 0.3) is 0 Å². The summed E-state index contributed by atoms with van der Waals surface area (Å²) >= 11 is 6.01. The highest BCUT2D eigenvalue weighted by Gasteiger charge is 2.74. The Balaban J connectivity index is 1.50. The van der Waals surface area contributed by atoms with Crippen molar-refractivity contribution < 1.29 is 28.7 Å². The summed E-state index contributed by atoms with van der Waals surface area (Å²) in [5.41, 5.74) is -0.829. The third-order valence-corrected chi connectivity index (χ3v) is 7.38. The molecule has 36 heavy (non-hydrogen) atoms. The fourth-order valence-electron chi connectivity index (χ4n) is 5.58. The van der Waals surface area contributed by atoms with Gasteiger partial charge in [-0.2, -0.15) is 0 Å². The molecule has 2 aliphatic heterocycles. The Kier molecular flexibility index (Phi) is 5.10. The van der Waals surface area contributed by atoms with Crippen molar-refractivity contribution in [2.75, 3.05) is 11.5 Å². The Morgan fingerprint density at radius 1 is 0.861 bits per heavy atom. The number of anilines is 1. The van der Waals surface area contributed by atoms with Crippen LogP contribution < -0.4 is 9.64 Å². The Morgan fingerprint density at radius 2 is 1.47 bits per heavy atom. The van der Waals surface area contributed by atoms with Gasteiger partial charge in [0, 0.05) is 16.1 Å². The maximum Gasteiger partial charge on any atom is 0.241 e. The molecule has 0 unspecified atom stereocenters. The summed E-state index contributed by atoms with van der Waals surface area (Å²) in [5, 5.41) is 0.446. The average molecular weight is 502 g/mol. The number of ketones is 2. The van der Waals surface area contributed by atoms with E-state index in [1.165, 1.54) is 0 Å². The summed E-state index contributed by atoms with van der Waals surface area (Å²) in [6.07, 6.45) is -0.985. The SMILES string of the molecule is CCOc1ccc([C@H]2OC3(C(=O)c4ccccc4C3=O)[C@H]3C(=O)N(c4ccc(Cl)cc4)C(=O)[C@H]23)cc1. The monoisotopic (exact) mass is 501 g/mol. The highest BCUT2D eigenvalue weighted by atomic mass is 35.5. The Labute approximate surface area is 211 Å². The maximum absolute atomic E-state index is 13.9. The largest absolute Gasteiger partial charge is 0.494 e. The molecule has 3 aromatic rings. The number of carbonyl (C=O) groups excluding carboxylic acids is 4. The van der Waals surface area contributed by atoms with E-state index in [0.29, 0.717) is 28.6 Å². The van der Waals surface area contributed by atoms with E-state index in [2.05, 4.69) is 0 Å². The lowest BCUT2D eigenvalue weighted by Crippen LogP contribution is -2.51. The molecule has 2 amide bonds. The van der Waals surface area contributed by atoms with E-state index in [9.17, 15) is 19.2 Å². The zero-order valence-corrected chi connectivity index (χ0v) is 19.9. The number of benzene rings is 3. The van der Waals surface area contributed by atoms with Crippen LogP contribution in [0.5, 0.6) is 5.75 Å². The topological polar surface area (TPSA) is 90.0 Å². The van der Waals surface area contributed by atoms with Crippen molar-refractivity contribution in [1.82, 2.24) is 0 Å². The second-order valence-corrected chi connectivity index (χ2v) is 9.41. The first-order chi connectivity index (χ1) is 17.4. The standard InChI is InChI=1S/C28H20ClNO6/c1-2-35-18-13-7-15(8-14-18)23-21-22(27(34)30(26(21)33)17-11-9-16(29)10-12-17)28(36-23)24(31)19-5-3-4-6-20(19)25(28)32/h3-14,21-23H,2H2,1H3/t21-,22+,23+/m0/s1. The second-order valence-electron chi connectivity index (χ2n) is 8.97. The van der Waals surface area contributed by atoms with Crippen LogP contribution in [0.4, 0.5) is 5.69 Å². The molecule has 180 valence electrons. The van der Waals surface area contributed by atoms with E-state index < -0.39 is 46.9 Å². The third kappa shape index (κ3) is 2.96. The van der Waals surface area contributed by atoms with Gasteiger partial charge in [0.05, 0.1) is 30.2 Å². The molecule has 2 fully saturated rings. The van der Waals surface area contributed by atoms with Crippen molar-refractivity contribution in [2.24, 2.45) is 11.8 Å². The molecule has 3 aromatic carbocycles. The van der Waals surface area contributed by atoms with Gasteiger partial charge in [-0.25, -0.2) is 4.90 Å². The average Bonchev–Trinajstić information content (AvgIpc) is 3.45. The summed E-state index contributed by atoms with van der Waals surface area (Å²) in [7, 11) is 0. The van der Waals surface area contributed by atoms with Gasteiger partial charge in [-0.05, 0) is 48.9 Å². The zero-order valence-electron chi connectivity index (χ0n) is 19.1. The van der Waals surface area contributed by atoms with Gasteiger partial charge >= 0.3 is 0 Å². The van der Waals surface area contributed by atoms with Crippen molar-refractivity contribution in [3.8, 4) is 5.75 Å². The van der Waals surface area contributed by atoms with Gasteiger partial charge < -0.3 is 9.47 Å². The molecule has 1 spiro atoms. The van der Waals surface area contributed by atoms with E-state index in [1.54, 1.807) is 72.8 Å². The molecule has 0 bridgehead atoms. The van der Waals surface area contributed by atoms with Crippen molar-refractivity contribution in [3.05, 3.63) is 94.5 Å². The summed E-state index contributed by atoms with van der Waals surface area (Å²) in [5.74, 6) is -4.09. The van der Waals surface area contributed by atoms with Crippen molar-refractivity contribution in [1.29, 1.82) is 0 Å². The summed E-state index contributed by atoms with van der Waals surface area (Å²) in [4.78, 5) is 56.2. The lowest BCUT2D eigenvalue weighted by molar-refractivity contribution is -0.127. The molecule has 3 atom stereocenters. The quantitative estimate of drug-likeness (QED) is 0.388. The molecule has 8 heteroatoms. The number of hydrogen-bond acceptors (Lipinski definition) is 6. The molecule has 0 N–H and O–H groups in total. The van der Waals surface area contributed by atoms with Gasteiger partial charge in [-0.1, -0.05) is 48.0 Å². The molecule has 2 heterocycles. The summed E-state index contributed by atoms with van der Waals surface area (Å²) < 4.78 is 11.8. The minimum absolute atomic E-state index is 0.193. The normalized spacial score (nSPS) is 23.9. The van der Waals surface area contributed by atoms with Crippen LogP contribution in [-0.4, -0.2) is 35.6 Å².